The lowest BCUT2D eigenvalue weighted by Gasteiger charge is -2.10. The van der Waals surface area contributed by atoms with Crippen molar-refractivity contribution in [3.8, 4) is 6.07 Å². The highest BCUT2D eigenvalue weighted by Gasteiger charge is 2.20. The average molecular weight is 279 g/mol. The van der Waals surface area contributed by atoms with Crippen LogP contribution in [0.5, 0.6) is 0 Å². The molecule has 1 aromatic heterocycles. The molecule has 1 aliphatic rings. The normalized spacial score (nSPS) is 16.4. The number of nitriles is 1. The van der Waals surface area contributed by atoms with Gasteiger partial charge in [0.1, 0.15) is 11.0 Å². The molecule has 6 heteroatoms. The van der Waals surface area contributed by atoms with Crippen molar-refractivity contribution in [1.82, 2.24) is 9.71 Å². The fourth-order valence-electron chi connectivity index (χ4n) is 2.47. The second-order valence-electron chi connectivity index (χ2n) is 4.80. The van der Waals surface area contributed by atoms with E-state index in [2.05, 4.69) is 9.71 Å². The van der Waals surface area contributed by atoms with E-state index >= 15 is 0 Å². The molecule has 0 amide bonds. The minimum Gasteiger partial charge on any atom is -0.244 e. The van der Waals surface area contributed by atoms with Gasteiger partial charge >= 0.3 is 0 Å². The van der Waals surface area contributed by atoms with Crippen LogP contribution in [0.3, 0.4) is 0 Å². The molecule has 1 aromatic rings. The number of pyridine rings is 1. The maximum absolute atomic E-state index is 12.1. The van der Waals surface area contributed by atoms with Crippen molar-refractivity contribution in [3.63, 3.8) is 0 Å². The van der Waals surface area contributed by atoms with Crippen molar-refractivity contribution in [2.45, 2.75) is 37.0 Å². The van der Waals surface area contributed by atoms with Crippen LogP contribution in [0.1, 0.15) is 37.8 Å². The first-order valence-electron chi connectivity index (χ1n) is 6.48. The van der Waals surface area contributed by atoms with Crippen LogP contribution in [-0.2, 0) is 10.0 Å². The molecule has 2 rings (SSSR count). The molecule has 1 saturated carbocycles. The fourth-order valence-corrected chi connectivity index (χ4v) is 3.62. The summed E-state index contributed by atoms with van der Waals surface area (Å²) in [5, 5.41) is 8.88. The summed E-state index contributed by atoms with van der Waals surface area (Å²) in [5.41, 5.74) is -0.0594. The lowest BCUT2D eigenvalue weighted by molar-refractivity contribution is 0.495. The van der Waals surface area contributed by atoms with Gasteiger partial charge in [-0.3, -0.25) is 0 Å². The topological polar surface area (TPSA) is 82.8 Å². The Morgan fingerprint density at radius 1 is 1.42 bits per heavy atom. The first-order valence-corrected chi connectivity index (χ1v) is 7.96. The van der Waals surface area contributed by atoms with E-state index in [9.17, 15) is 8.42 Å². The molecule has 0 spiro atoms. The second-order valence-corrected chi connectivity index (χ2v) is 6.53. The molecule has 0 unspecified atom stereocenters. The van der Waals surface area contributed by atoms with Crippen LogP contribution >= 0.6 is 0 Å². The Bertz CT molecular complexity index is 572. The number of rotatable bonds is 5. The quantitative estimate of drug-likeness (QED) is 0.891. The largest absolute Gasteiger partial charge is 0.244 e. The number of aromatic nitrogens is 1. The molecule has 1 aliphatic carbocycles. The van der Waals surface area contributed by atoms with Gasteiger partial charge in [0, 0.05) is 12.7 Å². The van der Waals surface area contributed by atoms with E-state index in [1.54, 1.807) is 6.07 Å². The maximum Gasteiger partial charge on any atom is 0.243 e. The van der Waals surface area contributed by atoms with Crippen LogP contribution in [0.4, 0.5) is 0 Å². The predicted octanol–water partition coefficient (Wildman–Crippen LogP) is 1.81. The molecular weight excluding hydrogens is 262 g/mol. The molecule has 1 heterocycles. The third-order valence-electron chi connectivity index (χ3n) is 3.49. The highest BCUT2D eigenvalue weighted by molar-refractivity contribution is 7.89. The van der Waals surface area contributed by atoms with Gasteiger partial charge in [-0.15, -0.1) is 0 Å². The third-order valence-corrected chi connectivity index (χ3v) is 4.98. The number of sulfonamides is 1. The van der Waals surface area contributed by atoms with E-state index < -0.39 is 10.0 Å². The summed E-state index contributed by atoms with van der Waals surface area (Å²) in [6.45, 7) is 0.423. The first kappa shape index (κ1) is 14.0. The van der Waals surface area contributed by atoms with Gasteiger partial charge in [0.15, 0.2) is 5.69 Å². The van der Waals surface area contributed by atoms with Crippen LogP contribution in [0.15, 0.2) is 23.2 Å². The molecule has 0 atom stereocenters. The molecule has 0 radical (unpaired) electrons. The molecule has 0 aliphatic heterocycles. The first-order chi connectivity index (χ1) is 9.13. The number of hydrogen-bond donors (Lipinski definition) is 1. The van der Waals surface area contributed by atoms with E-state index in [-0.39, 0.29) is 10.6 Å². The molecule has 0 aromatic carbocycles. The Labute approximate surface area is 113 Å². The van der Waals surface area contributed by atoms with Crippen LogP contribution < -0.4 is 4.72 Å². The molecule has 19 heavy (non-hydrogen) atoms. The summed E-state index contributed by atoms with van der Waals surface area (Å²) in [6.07, 6.45) is 7.16. The van der Waals surface area contributed by atoms with Crippen molar-refractivity contribution in [2.24, 2.45) is 5.92 Å². The van der Waals surface area contributed by atoms with Crippen LogP contribution in [0.25, 0.3) is 0 Å². The van der Waals surface area contributed by atoms with E-state index in [0.717, 1.165) is 6.42 Å². The highest BCUT2D eigenvalue weighted by Crippen LogP contribution is 2.27. The van der Waals surface area contributed by atoms with Gasteiger partial charge < -0.3 is 0 Å². The second kappa shape index (κ2) is 6.13. The van der Waals surface area contributed by atoms with Crippen molar-refractivity contribution in [1.29, 1.82) is 5.26 Å². The fraction of sp³-hybridized carbons (Fsp3) is 0.538. The summed E-state index contributed by atoms with van der Waals surface area (Å²) >= 11 is 0. The van der Waals surface area contributed by atoms with Gasteiger partial charge in [-0.25, -0.2) is 18.1 Å². The standard InChI is InChI=1S/C13H17N3O2S/c14-10-12-13(6-3-8-15-12)19(17,18)16-9-7-11-4-1-2-5-11/h3,6,8,11,16H,1-2,4-5,7,9H2. The molecule has 0 saturated heterocycles. The molecule has 0 bridgehead atoms. The smallest absolute Gasteiger partial charge is 0.243 e. The number of nitrogens with one attached hydrogen (secondary N) is 1. The SMILES string of the molecule is N#Cc1ncccc1S(=O)(=O)NCCC1CCCC1. The van der Waals surface area contributed by atoms with Crippen molar-refractivity contribution in [2.75, 3.05) is 6.54 Å². The van der Waals surface area contributed by atoms with E-state index in [1.807, 2.05) is 0 Å². The zero-order valence-electron chi connectivity index (χ0n) is 10.7. The third kappa shape index (κ3) is 3.52. The van der Waals surface area contributed by atoms with Crippen molar-refractivity contribution < 1.29 is 8.42 Å². The summed E-state index contributed by atoms with van der Waals surface area (Å²) < 4.78 is 26.7. The Balaban J connectivity index is 1.99. The lowest BCUT2D eigenvalue weighted by atomic mass is 10.1. The van der Waals surface area contributed by atoms with Gasteiger partial charge in [0.25, 0.3) is 0 Å². The molecule has 1 fully saturated rings. The van der Waals surface area contributed by atoms with Gasteiger partial charge in [-0.2, -0.15) is 5.26 Å². The maximum atomic E-state index is 12.1. The van der Waals surface area contributed by atoms with E-state index in [4.69, 9.17) is 5.26 Å². The lowest BCUT2D eigenvalue weighted by Crippen LogP contribution is -2.26. The van der Waals surface area contributed by atoms with Gasteiger partial charge in [-0.1, -0.05) is 25.7 Å². The Kier molecular flexibility index (Phi) is 4.51. The van der Waals surface area contributed by atoms with Crippen LogP contribution in [-0.4, -0.2) is 19.9 Å². The Morgan fingerprint density at radius 2 is 2.16 bits per heavy atom. The number of hydrogen-bond acceptors (Lipinski definition) is 4. The molecule has 102 valence electrons. The number of nitrogens with zero attached hydrogens (tertiary/aromatic N) is 2. The Morgan fingerprint density at radius 3 is 2.84 bits per heavy atom. The van der Waals surface area contributed by atoms with Crippen LogP contribution in [0.2, 0.25) is 0 Å². The zero-order chi connectivity index (χ0) is 13.7. The summed E-state index contributed by atoms with van der Waals surface area (Å²) in [6, 6.07) is 4.73. The van der Waals surface area contributed by atoms with Gasteiger partial charge in [0.2, 0.25) is 10.0 Å². The minimum atomic E-state index is -3.63. The molecular formula is C13H17N3O2S. The van der Waals surface area contributed by atoms with E-state index in [0.29, 0.717) is 12.5 Å². The van der Waals surface area contributed by atoms with Crippen molar-refractivity contribution >= 4 is 10.0 Å². The van der Waals surface area contributed by atoms with Gasteiger partial charge in [0.05, 0.1) is 0 Å². The highest BCUT2D eigenvalue weighted by atomic mass is 32.2. The Hall–Kier alpha value is -1.45. The molecule has 1 N–H and O–H groups in total. The van der Waals surface area contributed by atoms with Crippen molar-refractivity contribution in [3.05, 3.63) is 24.0 Å². The predicted molar refractivity (Wildman–Crippen MR) is 70.7 cm³/mol. The summed E-state index contributed by atoms with van der Waals surface area (Å²) in [4.78, 5) is 3.73. The van der Waals surface area contributed by atoms with Crippen LogP contribution in [0, 0.1) is 17.2 Å². The monoisotopic (exact) mass is 279 g/mol. The average Bonchev–Trinajstić information content (AvgIpc) is 2.91. The minimum absolute atomic E-state index is 0.0380. The zero-order valence-corrected chi connectivity index (χ0v) is 11.5. The van der Waals surface area contributed by atoms with E-state index in [1.165, 1.54) is 44.0 Å². The molecule has 5 nitrogen and oxygen atoms in total. The summed E-state index contributed by atoms with van der Waals surface area (Å²) in [7, 11) is -3.63. The van der Waals surface area contributed by atoms with Gasteiger partial charge in [-0.05, 0) is 24.5 Å². The summed E-state index contributed by atoms with van der Waals surface area (Å²) in [5.74, 6) is 0.632.